The fourth-order valence-corrected chi connectivity index (χ4v) is 1.65. The summed E-state index contributed by atoms with van der Waals surface area (Å²) in [5.74, 6) is 0.992. The van der Waals surface area contributed by atoms with Crippen LogP contribution in [0.25, 0.3) is 0 Å². The maximum absolute atomic E-state index is 5.06. The van der Waals surface area contributed by atoms with Crippen molar-refractivity contribution in [3.63, 3.8) is 0 Å². The molecule has 1 N–H and O–H groups in total. The van der Waals surface area contributed by atoms with Gasteiger partial charge in [-0.15, -0.1) is 0 Å². The van der Waals surface area contributed by atoms with Gasteiger partial charge in [-0.1, -0.05) is 30.9 Å². The highest BCUT2D eigenvalue weighted by Gasteiger charge is 1.95. The molecule has 0 bridgehead atoms. The molecule has 0 atom stereocenters. The van der Waals surface area contributed by atoms with E-state index >= 15 is 0 Å². The van der Waals surface area contributed by atoms with Crippen molar-refractivity contribution >= 4 is 34.0 Å². The van der Waals surface area contributed by atoms with Crippen molar-refractivity contribution in [2.24, 2.45) is 0 Å². The average Bonchev–Trinajstić information content (AvgIpc) is 2.06. The van der Waals surface area contributed by atoms with Crippen LogP contribution in [-0.4, -0.2) is 15.1 Å². The smallest absolute Gasteiger partial charge is 0.138 e. The molecule has 0 aliphatic carbocycles. The number of hydrogen-bond acceptors (Lipinski definition) is 3. The predicted molar refractivity (Wildman–Crippen MR) is 58.6 cm³/mol. The number of nitrogens with one attached hydrogen (secondary N) is 1. The van der Waals surface area contributed by atoms with Crippen LogP contribution < -0.4 is 5.32 Å². The number of aromatic nitrogens is 1. The Balaban J connectivity index is 2.47. The Morgan fingerprint density at radius 3 is 3.17 bits per heavy atom. The van der Waals surface area contributed by atoms with Gasteiger partial charge in [0.25, 0.3) is 0 Å². The van der Waals surface area contributed by atoms with E-state index in [0.29, 0.717) is 0 Å². The second-order valence-electron chi connectivity index (χ2n) is 2.09. The van der Waals surface area contributed by atoms with Crippen LogP contribution in [0.3, 0.4) is 0 Å². The highest BCUT2D eigenvalue weighted by molar-refractivity contribution is 8.23. The molecule has 0 aliphatic heterocycles. The zero-order valence-electron chi connectivity index (χ0n) is 6.78. The first kappa shape index (κ1) is 9.48. The third-order valence-corrected chi connectivity index (χ3v) is 2.29. The SMILES string of the molecule is CCSC(=S)Nc1cccnc1. The molecule has 0 aliphatic rings. The topological polar surface area (TPSA) is 24.9 Å². The van der Waals surface area contributed by atoms with Crippen molar-refractivity contribution in [3.8, 4) is 0 Å². The van der Waals surface area contributed by atoms with Crippen LogP contribution in [0.15, 0.2) is 24.5 Å². The summed E-state index contributed by atoms with van der Waals surface area (Å²) >= 11 is 6.68. The van der Waals surface area contributed by atoms with E-state index in [9.17, 15) is 0 Å². The molecular weight excluding hydrogens is 188 g/mol. The van der Waals surface area contributed by atoms with E-state index in [1.54, 1.807) is 24.2 Å². The molecular formula is C8H10N2S2. The van der Waals surface area contributed by atoms with Crippen LogP contribution in [0.5, 0.6) is 0 Å². The molecule has 0 spiro atoms. The third kappa shape index (κ3) is 3.19. The van der Waals surface area contributed by atoms with E-state index in [1.807, 2.05) is 12.1 Å². The summed E-state index contributed by atoms with van der Waals surface area (Å²) < 4.78 is 0.797. The number of thioether (sulfide) groups is 1. The molecule has 0 saturated carbocycles. The second kappa shape index (κ2) is 5.11. The number of anilines is 1. The van der Waals surface area contributed by atoms with Crippen molar-refractivity contribution in [1.29, 1.82) is 0 Å². The molecule has 1 heterocycles. The summed E-state index contributed by atoms with van der Waals surface area (Å²) in [5.41, 5.74) is 0.948. The van der Waals surface area contributed by atoms with Crippen LogP contribution in [0, 0.1) is 0 Å². The van der Waals surface area contributed by atoms with Gasteiger partial charge in [0.15, 0.2) is 0 Å². The molecule has 0 amide bonds. The standard InChI is InChI=1S/C8H10N2S2/c1-2-12-8(11)10-7-4-3-5-9-6-7/h3-6H,2H2,1H3,(H,10,11). The minimum Gasteiger partial charge on any atom is -0.340 e. The van der Waals surface area contributed by atoms with Gasteiger partial charge in [-0.3, -0.25) is 4.98 Å². The van der Waals surface area contributed by atoms with Crippen LogP contribution >= 0.6 is 24.0 Å². The largest absolute Gasteiger partial charge is 0.340 e. The van der Waals surface area contributed by atoms with Gasteiger partial charge in [-0.2, -0.15) is 0 Å². The number of pyridine rings is 1. The molecule has 64 valence electrons. The van der Waals surface area contributed by atoms with Crippen LogP contribution in [0.4, 0.5) is 5.69 Å². The normalized spacial score (nSPS) is 9.42. The van der Waals surface area contributed by atoms with E-state index < -0.39 is 0 Å². The molecule has 0 fully saturated rings. The highest BCUT2D eigenvalue weighted by Crippen LogP contribution is 2.09. The zero-order chi connectivity index (χ0) is 8.81. The van der Waals surface area contributed by atoms with Crippen molar-refractivity contribution in [2.75, 3.05) is 11.1 Å². The van der Waals surface area contributed by atoms with E-state index in [2.05, 4.69) is 17.2 Å². The summed E-state index contributed by atoms with van der Waals surface area (Å²) in [5, 5.41) is 3.07. The molecule has 4 heteroatoms. The molecule has 0 unspecified atom stereocenters. The van der Waals surface area contributed by atoms with Gasteiger partial charge in [0.05, 0.1) is 11.9 Å². The van der Waals surface area contributed by atoms with Gasteiger partial charge < -0.3 is 5.32 Å². The van der Waals surface area contributed by atoms with E-state index in [4.69, 9.17) is 12.2 Å². The molecule has 2 nitrogen and oxygen atoms in total. The predicted octanol–water partition coefficient (Wildman–Crippen LogP) is 2.53. The van der Waals surface area contributed by atoms with E-state index in [1.165, 1.54) is 0 Å². The quantitative estimate of drug-likeness (QED) is 0.738. The number of nitrogens with zero attached hydrogens (tertiary/aromatic N) is 1. The first-order chi connectivity index (χ1) is 5.83. The maximum Gasteiger partial charge on any atom is 0.138 e. The van der Waals surface area contributed by atoms with Gasteiger partial charge in [0.2, 0.25) is 0 Å². The summed E-state index contributed by atoms with van der Waals surface area (Å²) in [6.45, 7) is 2.07. The van der Waals surface area contributed by atoms with Crippen LogP contribution in [0.1, 0.15) is 6.92 Å². The first-order valence-electron chi connectivity index (χ1n) is 3.66. The van der Waals surface area contributed by atoms with Crippen LogP contribution in [-0.2, 0) is 0 Å². The Morgan fingerprint density at radius 1 is 1.75 bits per heavy atom. The summed E-state index contributed by atoms with van der Waals surface area (Å²) in [6.07, 6.45) is 3.49. The van der Waals surface area contributed by atoms with Gasteiger partial charge >= 0.3 is 0 Å². The fraction of sp³-hybridized carbons (Fsp3) is 0.250. The highest BCUT2D eigenvalue weighted by atomic mass is 32.2. The summed E-state index contributed by atoms with van der Waals surface area (Å²) in [7, 11) is 0. The monoisotopic (exact) mass is 198 g/mol. The molecule has 0 saturated heterocycles. The van der Waals surface area contributed by atoms with Gasteiger partial charge in [-0.25, -0.2) is 0 Å². The molecule has 1 aromatic rings. The van der Waals surface area contributed by atoms with E-state index in [0.717, 1.165) is 15.8 Å². The first-order valence-corrected chi connectivity index (χ1v) is 5.06. The lowest BCUT2D eigenvalue weighted by Gasteiger charge is -2.04. The van der Waals surface area contributed by atoms with Crippen LogP contribution in [0.2, 0.25) is 0 Å². The second-order valence-corrected chi connectivity index (χ2v) is 4.03. The van der Waals surface area contributed by atoms with Crippen molar-refractivity contribution < 1.29 is 0 Å². The molecule has 1 rings (SSSR count). The Bertz CT molecular complexity index is 248. The lowest BCUT2D eigenvalue weighted by Crippen LogP contribution is -2.04. The van der Waals surface area contributed by atoms with Gasteiger partial charge in [0.1, 0.15) is 4.32 Å². The third-order valence-electron chi connectivity index (χ3n) is 1.18. The average molecular weight is 198 g/mol. The number of thiocarbonyl (C=S) groups is 1. The fourth-order valence-electron chi connectivity index (χ4n) is 0.722. The van der Waals surface area contributed by atoms with E-state index in [-0.39, 0.29) is 0 Å². The molecule has 12 heavy (non-hydrogen) atoms. The number of rotatable bonds is 2. The summed E-state index contributed by atoms with van der Waals surface area (Å²) in [4.78, 5) is 3.97. The molecule has 1 aromatic heterocycles. The van der Waals surface area contributed by atoms with Gasteiger partial charge in [-0.05, 0) is 17.9 Å². The molecule has 0 radical (unpaired) electrons. The molecule has 0 aromatic carbocycles. The lowest BCUT2D eigenvalue weighted by molar-refractivity contribution is 1.33. The van der Waals surface area contributed by atoms with Crippen molar-refractivity contribution in [3.05, 3.63) is 24.5 Å². The lowest BCUT2D eigenvalue weighted by atomic mass is 10.4. The summed E-state index contributed by atoms with van der Waals surface area (Å²) in [6, 6.07) is 3.82. The number of hydrogen-bond donors (Lipinski definition) is 1. The minimum atomic E-state index is 0.797. The Morgan fingerprint density at radius 2 is 2.58 bits per heavy atom. The minimum absolute atomic E-state index is 0.797. The Kier molecular flexibility index (Phi) is 4.04. The zero-order valence-corrected chi connectivity index (χ0v) is 8.41. The Labute approximate surface area is 81.8 Å². The maximum atomic E-state index is 5.06. The van der Waals surface area contributed by atoms with Gasteiger partial charge in [0, 0.05) is 6.20 Å². The Hall–Kier alpha value is -0.610. The van der Waals surface area contributed by atoms with Crippen molar-refractivity contribution in [1.82, 2.24) is 4.98 Å². The van der Waals surface area contributed by atoms with Crippen molar-refractivity contribution in [2.45, 2.75) is 6.92 Å².